The van der Waals surface area contributed by atoms with Crippen molar-refractivity contribution in [3.8, 4) is 0 Å². The molecule has 2 aromatic rings. The minimum absolute atomic E-state index is 0.220. The van der Waals surface area contributed by atoms with Crippen LogP contribution in [0.4, 0.5) is 11.4 Å². The number of sulfonamides is 1. The maximum absolute atomic E-state index is 12.5. The first-order chi connectivity index (χ1) is 9.31. The van der Waals surface area contributed by atoms with E-state index in [9.17, 15) is 8.42 Å². The molecule has 0 fully saturated rings. The van der Waals surface area contributed by atoms with Crippen molar-refractivity contribution in [2.75, 3.05) is 10.5 Å². The van der Waals surface area contributed by atoms with Gasteiger partial charge in [0.1, 0.15) is 0 Å². The van der Waals surface area contributed by atoms with Gasteiger partial charge >= 0.3 is 0 Å². The molecule has 106 valence electrons. The molecule has 0 spiro atoms. The molecular weight excluding hydrogens is 274 g/mol. The van der Waals surface area contributed by atoms with E-state index in [1.807, 2.05) is 6.92 Å². The highest BCUT2D eigenvalue weighted by atomic mass is 32.2. The Labute approximate surface area is 118 Å². The lowest BCUT2D eigenvalue weighted by Gasteiger charge is -2.14. The summed E-state index contributed by atoms with van der Waals surface area (Å²) in [6, 6.07) is 6.83. The van der Waals surface area contributed by atoms with Crippen LogP contribution in [0.25, 0.3) is 0 Å². The number of nitrogens with one attached hydrogen (secondary N) is 1. The maximum atomic E-state index is 12.5. The van der Waals surface area contributed by atoms with Gasteiger partial charge in [-0.25, -0.2) is 8.42 Å². The molecule has 0 saturated heterocycles. The third-order valence-corrected chi connectivity index (χ3v) is 4.75. The second kappa shape index (κ2) is 5.13. The van der Waals surface area contributed by atoms with E-state index < -0.39 is 10.0 Å². The lowest BCUT2D eigenvalue weighted by Crippen LogP contribution is -2.16. The van der Waals surface area contributed by atoms with E-state index in [2.05, 4.69) is 9.71 Å². The molecule has 2 rings (SSSR count). The van der Waals surface area contributed by atoms with Gasteiger partial charge in [0.25, 0.3) is 10.0 Å². The number of pyridine rings is 1. The fourth-order valence-electron chi connectivity index (χ4n) is 1.99. The van der Waals surface area contributed by atoms with Gasteiger partial charge < -0.3 is 5.73 Å². The topological polar surface area (TPSA) is 85.1 Å². The summed E-state index contributed by atoms with van der Waals surface area (Å²) in [4.78, 5) is 4.29. The Kier molecular flexibility index (Phi) is 3.67. The summed E-state index contributed by atoms with van der Waals surface area (Å²) in [5.74, 6) is 0. The molecule has 0 aliphatic heterocycles. The number of benzene rings is 1. The normalized spacial score (nSPS) is 11.3. The van der Waals surface area contributed by atoms with Crippen LogP contribution in [0.5, 0.6) is 0 Å². The monoisotopic (exact) mass is 291 g/mol. The summed E-state index contributed by atoms with van der Waals surface area (Å²) in [6.07, 6.45) is 1.49. The lowest BCUT2D eigenvalue weighted by molar-refractivity contribution is 0.600. The standard InChI is InChI=1S/C14H17N3O2S/c1-9-4-7-13(15)11(3)14(9)20(18,19)17-12-6-5-10(2)16-8-12/h4-8,17H,15H2,1-3H3. The SMILES string of the molecule is Cc1ccc(NS(=O)(=O)c2c(C)ccc(N)c2C)cn1. The number of aryl methyl sites for hydroxylation is 2. The molecule has 1 aromatic heterocycles. The van der Waals surface area contributed by atoms with Crippen LogP contribution in [0, 0.1) is 20.8 Å². The van der Waals surface area contributed by atoms with Crippen LogP contribution in [0.3, 0.4) is 0 Å². The van der Waals surface area contributed by atoms with Crippen LogP contribution in [0.1, 0.15) is 16.8 Å². The quantitative estimate of drug-likeness (QED) is 0.850. The molecule has 1 heterocycles. The van der Waals surface area contributed by atoms with E-state index in [4.69, 9.17) is 5.73 Å². The first kappa shape index (κ1) is 14.3. The van der Waals surface area contributed by atoms with Gasteiger partial charge in [0, 0.05) is 11.4 Å². The Hall–Kier alpha value is -2.08. The zero-order chi connectivity index (χ0) is 14.9. The molecule has 0 unspecified atom stereocenters. The van der Waals surface area contributed by atoms with E-state index in [1.54, 1.807) is 38.1 Å². The van der Waals surface area contributed by atoms with Crippen molar-refractivity contribution in [3.05, 3.63) is 47.3 Å². The highest BCUT2D eigenvalue weighted by Crippen LogP contribution is 2.26. The van der Waals surface area contributed by atoms with Crippen molar-refractivity contribution in [3.63, 3.8) is 0 Å². The third-order valence-electron chi connectivity index (χ3n) is 3.08. The summed E-state index contributed by atoms with van der Waals surface area (Å²) in [6.45, 7) is 5.28. The van der Waals surface area contributed by atoms with Crippen molar-refractivity contribution in [2.45, 2.75) is 25.7 Å². The van der Waals surface area contributed by atoms with Crippen molar-refractivity contribution in [1.29, 1.82) is 0 Å². The van der Waals surface area contributed by atoms with Crippen LogP contribution < -0.4 is 10.5 Å². The fourth-order valence-corrected chi connectivity index (χ4v) is 3.54. The fraction of sp³-hybridized carbons (Fsp3) is 0.214. The number of hydrogen-bond acceptors (Lipinski definition) is 4. The molecule has 20 heavy (non-hydrogen) atoms. The van der Waals surface area contributed by atoms with Crippen LogP contribution in [0.15, 0.2) is 35.4 Å². The summed E-state index contributed by atoms with van der Waals surface area (Å²) in [7, 11) is -3.68. The van der Waals surface area contributed by atoms with Gasteiger partial charge in [-0.05, 0) is 50.1 Å². The first-order valence-corrected chi connectivity index (χ1v) is 7.61. The smallest absolute Gasteiger partial charge is 0.262 e. The molecule has 6 heteroatoms. The first-order valence-electron chi connectivity index (χ1n) is 6.12. The van der Waals surface area contributed by atoms with Gasteiger partial charge in [0.15, 0.2) is 0 Å². The minimum atomic E-state index is -3.68. The summed E-state index contributed by atoms with van der Waals surface area (Å²) >= 11 is 0. The van der Waals surface area contributed by atoms with Crippen molar-refractivity contribution in [2.24, 2.45) is 0 Å². The van der Waals surface area contributed by atoms with E-state index in [0.29, 0.717) is 22.5 Å². The largest absolute Gasteiger partial charge is 0.398 e. The Bertz CT molecular complexity index is 738. The number of nitrogens with zero attached hydrogens (tertiary/aromatic N) is 1. The highest BCUT2D eigenvalue weighted by molar-refractivity contribution is 7.92. The third kappa shape index (κ3) is 2.75. The van der Waals surface area contributed by atoms with Crippen molar-refractivity contribution >= 4 is 21.4 Å². The second-order valence-corrected chi connectivity index (χ2v) is 6.34. The number of nitrogens with two attached hydrogens (primary N) is 1. The van der Waals surface area contributed by atoms with E-state index in [1.165, 1.54) is 6.20 Å². The van der Waals surface area contributed by atoms with Crippen molar-refractivity contribution in [1.82, 2.24) is 4.98 Å². The number of rotatable bonds is 3. The molecular formula is C14H17N3O2S. The Morgan fingerprint density at radius 1 is 1.10 bits per heavy atom. The molecule has 0 radical (unpaired) electrons. The van der Waals surface area contributed by atoms with Crippen LogP contribution >= 0.6 is 0 Å². The van der Waals surface area contributed by atoms with Gasteiger partial charge in [0.05, 0.1) is 16.8 Å². The molecule has 0 aliphatic rings. The van der Waals surface area contributed by atoms with Gasteiger partial charge in [-0.3, -0.25) is 9.71 Å². The summed E-state index contributed by atoms with van der Waals surface area (Å²) < 4.78 is 27.5. The summed E-state index contributed by atoms with van der Waals surface area (Å²) in [5, 5.41) is 0. The van der Waals surface area contributed by atoms with Gasteiger partial charge in [-0.1, -0.05) is 6.07 Å². The predicted octanol–water partition coefficient (Wildman–Crippen LogP) is 2.39. The van der Waals surface area contributed by atoms with Crippen LogP contribution in [-0.2, 0) is 10.0 Å². The molecule has 0 bridgehead atoms. The molecule has 0 aliphatic carbocycles. The van der Waals surface area contributed by atoms with E-state index >= 15 is 0 Å². The summed E-state index contributed by atoms with van der Waals surface area (Å²) in [5.41, 5.74) is 8.71. The number of nitrogen functional groups attached to an aromatic ring is 1. The average Bonchev–Trinajstić information content (AvgIpc) is 2.37. The second-order valence-electron chi connectivity index (χ2n) is 4.72. The molecule has 3 N–H and O–H groups in total. The number of aromatic nitrogens is 1. The van der Waals surface area contributed by atoms with E-state index in [-0.39, 0.29) is 4.90 Å². The number of anilines is 2. The van der Waals surface area contributed by atoms with Crippen LogP contribution in [-0.4, -0.2) is 13.4 Å². The Morgan fingerprint density at radius 3 is 2.40 bits per heavy atom. The lowest BCUT2D eigenvalue weighted by atomic mass is 10.1. The van der Waals surface area contributed by atoms with Gasteiger partial charge in [0.2, 0.25) is 0 Å². The Balaban J connectivity index is 2.46. The predicted molar refractivity (Wildman–Crippen MR) is 80.1 cm³/mol. The molecule has 5 nitrogen and oxygen atoms in total. The molecule has 0 saturated carbocycles. The molecule has 0 amide bonds. The van der Waals surface area contributed by atoms with Crippen molar-refractivity contribution < 1.29 is 8.42 Å². The minimum Gasteiger partial charge on any atom is -0.398 e. The maximum Gasteiger partial charge on any atom is 0.262 e. The highest BCUT2D eigenvalue weighted by Gasteiger charge is 2.21. The van der Waals surface area contributed by atoms with Crippen LogP contribution in [0.2, 0.25) is 0 Å². The van der Waals surface area contributed by atoms with Gasteiger partial charge in [-0.15, -0.1) is 0 Å². The van der Waals surface area contributed by atoms with E-state index in [0.717, 1.165) is 5.69 Å². The molecule has 0 atom stereocenters. The zero-order valence-electron chi connectivity index (χ0n) is 11.6. The van der Waals surface area contributed by atoms with Gasteiger partial charge in [-0.2, -0.15) is 0 Å². The number of hydrogen-bond donors (Lipinski definition) is 2. The Morgan fingerprint density at radius 2 is 1.80 bits per heavy atom. The molecule has 1 aromatic carbocycles. The zero-order valence-corrected chi connectivity index (χ0v) is 12.5. The average molecular weight is 291 g/mol.